The van der Waals surface area contributed by atoms with Crippen molar-refractivity contribution in [3.8, 4) is 5.75 Å². The minimum Gasteiger partial charge on any atom is -0.453 e. The largest absolute Gasteiger partial charge is 0.453 e. The van der Waals surface area contributed by atoms with Gasteiger partial charge in [0.1, 0.15) is 5.75 Å². The molecule has 0 amide bonds. The van der Waals surface area contributed by atoms with Crippen LogP contribution < -0.4 is 4.74 Å². The van der Waals surface area contributed by atoms with Gasteiger partial charge in [0.25, 0.3) is 0 Å². The summed E-state index contributed by atoms with van der Waals surface area (Å²) in [5.41, 5.74) is 1.72. The zero-order valence-electron chi connectivity index (χ0n) is 14.1. The molecular formula is C21H18O4. The Kier molecular flexibility index (Phi) is 4.80. The molecular weight excluding hydrogens is 316 g/mol. The highest BCUT2D eigenvalue weighted by molar-refractivity contribution is 5.86. The van der Waals surface area contributed by atoms with Crippen LogP contribution in [0.1, 0.15) is 31.1 Å². The van der Waals surface area contributed by atoms with E-state index in [1.165, 1.54) is 13.8 Å². The van der Waals surface area contributed by atoms with E-state index in [-0.39, 0.29) is 11.9 Å². The topological polar surface area (TPSA) is 52.6 Å². The molecule has 0 spiro atoms. The van der Waals surface area contributed by atoms with Crippen molar-refractivity contribution in [3.05, 3.63) is 77.9 Å². The second-order valence-electron chi connectivity index (χ2n) is 5.72. The van der Waals surface area contributed by atoms with E-state index in [2.05, 4.69) is 0 Å². The fourth-order valence-electron chi connectivity index (χ4n) is 2.83. The SMILES string of the molecule is CC(=O)Oc1ccc(C(OC(C)=O)c2cccc3ccccc23)cc1. The van der Waals surface area contributed by atoms with Crippen LogP contribution in [0.5, 0.6) is 5.75 Å². The second kappa shape index (κ2) is 7.18. The van der Waals surface area contributed by atoms with Crippen LogP contribution >= 0.6 is 0 Å². The molecule has 0 aliphatic rings. The number of hydrogen-bond donors (Lipinski definition) is 0. The van der Waals surface area contributed by atoms with E-state index < -0.39 is 6.10 Å². The molecule has 4 heteroatoms. The summed E-state index contributed by atoms with van der Waals surface area (Å²) in [5, 5.41) is 2.11. The molecule has 0 aromatic heterocycles. The predicted molar refractivity (Wildman–Crippen MR) is 95.3 cm³/mol. The van der Waals surface area contributed by atoms with Gasteiger partial charge in [-0.2, -0.15) is 0 Å². The normalized spacial score (nSPS) is 11.8. The number of carbonyl (C=O) groups excluding carboxylic acids is 2. The smallest absolute Gasteiger partial charge is 0.308 e. The van der Waals surface area contributed by atoms with Crippen LogP contribution in [0.2, 0.25) is 0 Å². The number of fused-ring (bicyclic) bond motifs is 1. The van der Waals surface area contributed by atoms with Gasteiger partial charge in [0, 0.05) is 19.4 Å². The maximum absolute atomic E-state index is 11.7. The zero-order valence-corrected chi connectivity index (χ0v) is 14.1. The van der Waals surface area contributed by atoms with Crippen LogP contribution in [0.25, 0.3) is 10.8 Å². The Bertz CT molecular complexity index is 907. The van der Waals surface area contributed by atoms with Gasteiger partial charge in [0.15, 0.2) is 6.10 Å². The van der Waals surface area contributed by atoms with Gasteiger partial charge >= 0.3 is 11.9 Å². The average Bonchev–Trinajstić information content (AvgIpc) is 2.59. The van der Waals surface area contributed by atoms with Gasteiger partial charge in [-0.05, 0) is 28.5 Å². The Morgan fingerprint density at radius 3 is 2.16 bits per heavy atom. The van der Waals surface area contributed by atoms with E-state index in [0.29, 0.717) is 5.75 Å². The van der Waals surface area contributed by atoms with Crippen molar-refractivity contribution in [1.29, 1.82) is 0 Å². The zero-order chi connectivity index (χ0) is 17.8. The lowest BCUT2D eigenvalue weighted by molar-refractivity contribution is -0.144. The monoisotopic (exact) mass is 334 g/mol. The third-order valence-electron chi connectivity index (χ3n) is 3.83. The fraction of sp³-hybridized carbons (Fsp3) is 0.143. The number of hydrogen-bond acceptors (Lipinski definition) is 4. The molecule has 3 aromatic rings. The van der Waals surface area contributed by atoms with Crippen molar-refractivity contribution in [3.63, 3.8) is 0 Å². The van der Waals surface area contributed by atoms with Gasteiger partial charge in [-0.15, -0.1) is 0 Å². The van der Waals surface area contributed by atoms with E-state index in [1.807, 2.05) is 42.5 Å². The molecule has 3 rings (SSSR count). The quantitative estimate of drug-likeness (QED) is 0.523. The molecule has 25 heavy (non-hydrogen) atoms. The molecule has 0 saturated carbocycles. The summed E-state index contributed by atoms with van der Waals surface area (Å²) in [6.07, 6.45) is -0.532. The van der Waals surface area contributed by atoms with E-state index in [9.17, 15) is 9.59 Å². The minimum atomic E-state index is -0.532. The first-order valence-corrected chi connectivity index (χ1v) is 7.98. The molecule has 0 aliphatic heterocycles. The van der Waals surface area contributed by atoms with E-state index >= 15 is 0 Å². The maximum Gasteiger partial charge on any atom is 0.308 e. The Labute approximate surface area is 146 Å². The van der Waals surface area contributed by atoms with Crippen LogP contribution in [0.4, 0.5) is 0 Å². The first-order chi connectivity index (χ1) is 12.0. The Hall–Kier alpha value is -3.14. The van der Waals surface area contributed by atoms with Crippen LogP contribution in [0, 0.1) is 0 Å². The molecule has 1 unspecified atom stereocenters. The first kappa shape index (κ1) is 16.7. The van der Waals surface area contributed by atoms with Gasteiger partial charge in [0.05, 0.1) is 0 Å². The summed E-state index contributed by atoms with van der Waals surface area (Å²) in [4.78, 5) is 22.7. The fourth-order valence-corrected chi connectivity index (χ4v) is 2.83. The Morgan fingerprint density at radius 2 is 1.48 bits per heavy atom. The van der Waals surface area contributed by atoms with Crippen molar-refractivity contribution in [2.45, 2.75) is 20.0 Å². The molecule has 0 radical (unpaired) electrons. The molecule has 3 aromatic carbocycles. The highest BCUT2D eigenvalue weighted by Crippen LogP contribution is 2.32. The summed E-state index contributed by atoms with van der Waals surface area (Å²) in [7, 11) is 0. The van der Waals surface area contributed by atoms with Gasteiger partial charge in [-0.25, -0.2) is 0 Å². The van der Waals surface area contributed by atoms with E-state index in [1.54, 1.807) is 24.3 Å². The standard InChI is InChI=1S/C21H18O4/c1-14(22)24-18-12-10-17(11-13-18)21(25-15(2)23)20-9-5-7-16-6-3-4-8-19(16)20/h3-13,21H,1-2H3. The molecule has 0 fully saturated rings. The first-order valence-electron chi connectivity index (χ1n) is 7.98. The molecule has 1 atom stereocenters. The van der Waals surface area contributed by atoms with Crippen LogP contribution in [-0.4, -0.2) is 11.9 Å². The molecule has 0 saturated heterocycles. The summed E-state index contributed by atoms with van der Waals surface area (Å²) in [6.45, 7) is 2.75. The average molecular weight is 334 g/mol. The molecule has 0 heterocycles. The molecule has 0 bridgehead atoms. The third kappa shape index (κ3) is 3.86. The van der Waals surface area contributed by atoms with Crippen LogP contribution in [0.3, 0.4) is 0 Å². The summed E-state index contributed by atoms with van der Waals surface area (Å²) in [5.74, 6) is -0.281. The van der Waals surface area contributed by atoms with Crippen molar-refractivity contribution in [2.75, 3.05) is 0 Å². The third-order valence-corrected chi connectivity index (χ3v) is 3.83. The second-order valence-corrected chi connectivity index (χ2v) is 5.72. The number of benzene rings is 3. The molecule has 0 N–H and O–H groups in total. The lowest BCUT2D eigenvalue weighted by atomic mass is 9.95. The summed E-state index contributed by atoms with van der Waals surface area (Å²) < 4.78 is 10.7. The minimum absolute atomic E-state index is 0.359. The van der Waals surface area contributed by atoms with Gasteiger partial charge < -0.3 is 9.47 Å². The van der Waals surface area contributed by atoms with Gasteiger partial charge in [-0.3, -0.25) is 9.59 Å². The number of rotatable bonds is 4. The highest BCUT2D eigenvalue weighted by Gasteiger charge is 2.20. The maximum atomic E-state index is 11.7. The van der Waals surface area contributed by atoms with E-state index in [0.717, 1.165) is 21.9 Å². The van der Waals surface area contributed by atoms with Crippen molar-refractivity contribution < 1.29 is 19.1 Å². The number of esters is 2. The number of ether oxygens (including phenoxy) is 2. The summed E-state index contributed by atoms with van der Waals surface area (Å²) >= 11 is 0. The van der Waals surface area contributed by atoms with Crippen molar-refractivity contribution >= 4 is 22.7 Å². The van der Waals surface area contributed by atoms with Crippen molar-refractivity contribution in [1.82, 2.24) is 0 Å². The van der Waals surface area contributed by atoms with E-state index in [4.69, 9.17) is 9.47 Å². The Balaban J connectivity index is 2.05. The molecule has 0 aliphatic carbocycles. The Morgan fingerprint density at radius 1 is 0.800 bits per heavy atom. The molecule has 4 nitrogen and oxygen atoms in total. The van der Waals surface area contributed by atoms with Gasteiger partial charge in [0.2, 0.25) is 0 Å². The number of carbonyl (C=O) groups is 2. The van der Waals surface area contributed by atoms with Crippen molar-refractivity contribution in [2.24, 2.45) is 0 Å². The van der Waals surface area contributed by atoms with Gasteiger partial charge in [-0.1, -0.05) is 54.6 Å². The molecule has 126 valence electrons. The highest BCUT2D eigenvalue weighted by atomic mass is 16.5. The van der Waals surface area contributed by atoms with Crippen LogP contribution in [0.15, 0.2) is 66.7 Å². The summed E-state index contributed by atoms with van der Waals surface area (Å²) in [6, 6.07) is 20.9. The lowest BCUT2D eigenvalue weighted by Gasteiger charge is -2.20. The lowest BCUT2D eigenvalue weighted by Crippen LogP contribution is -2.11. The predicted octanol–water partition coefficient (Wildman–Crippen LogP) is 4.42. The van der Waals surface area contributed by atoms with Crippen LogP contribution in [-0.2, 0) is 14.3 Å².